The van der Waals surface area contributed by atoms with E-state index in [-0.39, 0.29) is 42.3 Å². The first-order chi connectivity index (χ1) is 25.4. The van der Waals surface area contributed by atoms with E-state index in [0.29, 0.717) is 36.1 Å². The van der Waals surface area contributed by atoms with Crippen molar-refractivity contribution in [3.05, 3.63) is 65.6 Å². The topological polar surface area (TPSA) is 184 Å². The number of cyclic esters (lactones) is 1. The van der Waals surface area contributed by atoms with Gasteiger partial charge in [0.15, 0.2) is 0 Å². The molecule has 4 N–H and O–H groups in total. The molecule has 0 unspecified atom stereocenters. The summed E-state index contributed by atoms with van der Waals surface area (Å²) < 4.78 is 10.9. The third-order valence-electron chi connectivity index (χ3n) is 9.87. The van der Waals surface area contributed by atoms with Gasteiger partial charge < -0.3 is 40.3 Å². The Morgan fingerprint density at radius 3 is 2.24 bits per heavy atom. The second kappa shape index (κ2) is 19.4. The van der Waals surface area contributed by atoms with E-state index in [4.69, 9.17) is 9.47 Å². The highest BCUT2D eigenvalue weighted by Crippen LogP contribution is 2.25. The molecule has 0 aliphatic carbocycles. The van der Waals surface area contributed by atoms with Crippen molar-refractivity contribution in [2.45, 2.75) is 110 Å². The number of amides is 5. The Hall–Kier alpha value is -4.98. The fourth-order valence-corrected chi connectivity index (χ4v) is 6.48. The molecule has 2 aliphatic heterocycles. The molecule has 2 fully saturated rings. The number of aliphatic hydroxyl groups excluding tert-OH is 1. The van der Waals surface area contributed by atoms with Crippen LogP contribution < -0.4 is 20.7 Å². The summed E-state index contributed by atoms with van der Waals surface area (Å²) in [5.41, 5.74) is 0.946. The van der Waals surface area contributed by atoms with Crippen LogP contribution in [0.3, 0.4) is 0 Å². The predicted octanol–water partition coefficient (Wildman–Crippen LogP) is 2.91. The molecule has 0 spiro atoms. The maximum Gasteiger partial charge on any atom is 0.334 e. The van der Waals surface area contributed by atoms with Gasteiger partial charge in [-0.3, -0.25) is 24.0 Å². The average Bonchev–Trinajstić information content (AvgIpc) is 3.62. The number of methoxy groups -OCH3 is 1. The van der Waals surface area contributed by atoms with E-state index in [0.717, 1.165) is 0 Å². The predicted molar refractivity (Wildman–Crippen MR) is 202 cm³/mol. The number of esters is 1. The summed E-state index contributed by atoms with van der Waals surface area (Å²) >= 11 is 0. The number of ether oxygens (including phenoxy) is 2. The minimum Gasteiger partial charge on any atom is -0.497 e. The number of hydrogen-bond donors (Lipinski definition) is 4. The third-order valence-corrected chi connectivity index (χ3v) is 9.87. The zero-order valence-electron chi connectivity index (χ0n) is 32.8. The van der Waals surface area contributed by atoms with Gasteiger partial charge in [-0.25, -0.2) is 4.79 Å². The largest absolute Gasteiger partial charge is 0.497 e. The summed E-state index contributed by atoms with van der Waals surface area (Å²) in [5.74, 6) is -4.19. The van der Waals surface area contributed by atoms with E-state index in [9.17, 15) is 33.9 Å². The lowest BCUT2D eigenvalue weighted by Crippen LogP contribution is -2.58. The van der Waals surface area contributed by atoms with Gasteiger partial charge in [-0.2, -0.15) is 0 Å². The molecule has 14 nitrogen and oxygen atoms in total. The number of rotatable bonds is 7. The highest BCUT2D eigenvalue weighted by Gasteiger charge is 2.42. The molecule has 3 rings (SSSR count). The number of nitrogens with one attached hydrogen (secondary N) is 3. The SMILES string of the molecule is C=C1OC(=O)[C@H](Cc2ccc(OC)cc2)N(C)C(=O)[C@@H]2CCCN2C(=O)[C@H](CC(C)C)NC(=O)[C@H](C(C)C)NC(=O)C[C@H](O)/C(=C(/C)CC)NC(=O)C1=C. The van der Waals surface area contributed by atoms with E-state index in [2.05, 4.69) is 29.1 Å². The van der Waals surface area contributed by atoms with Crippen molar-refractivity contribution in [3.63, 3.8) is 0 Å². The monoisotopic (exact) mass is 751 g/mol. The van der Waals surface area contributed by atoms with Crippen molar-refractivity contribution in [2.75, 3.05) is 20.7 Å². The van der Waals surface area contributed by atoms with Crippen LogP contribution in [0.4, 0.5) is 0 Å². The second-order valence-corrected chi connectivity index (χ2v) is 14.7. The first-order valence-electron chi connectivity index (χ1n) is 18.5. The summed E-state index contributed by atoms with van der Waals surface area (Å²) in [5, 5.41) is 19.3. The van der Waals surface area contributed by atoms with Crippen LogP contribution >= 0.6 is 0 Å². The van der Waals surface area contributed by atoms with Crippen LogP contribution in [0.5, 0.6) is 5.75 Å². The first kappa shape index (κ1) is 43.4. The van der Waals surface area contributed by atoms with Gasteiger partial charge in [0.1, 0.15) is 41.8 Å². The molecule has 1 aromatic rings. The van der Waals surface area contributed by atoms with Crippen LogP contribution in [0.15, 0.2) is 60.0 Å². The van der Waals surface area contributed by atoms with Gasteiger partial charge in [0.25, 0.3) is 5.91 Å². The van der Waals surface area contributed by atoms with Gasteiger partial charge in [0.05, 0.1) is 19.1 Å². The Labute approximate surface area is 318 Å². The van der Waals surface area contributed by atoms with Gasteiger partial charge >= 0.3 is 5.97 Å². The summed E-state index contributed by atoms with van der Waals surface area (Å²) in [4.78, 5) is 85.7. The van der Waals surface area contributed by atoms with Crippen molar-refractivity contribution in [1.82, 2.24) is 25.8 Å². The number of nitrogens with zero attached hydrogens (tertiary/aromatic N) is 2. The molecular formula is C40H57N5O9. The molecule has 2 heterocycles. The van der Waals surface area contributed by atoms with Crippen LogP contribution in [-0.4, -0.2) is 101 Å². The van der Waals surface area contributed by atoms with Crippen LogP contribution in [0.2, 0.25) is 0 Å². The molecule has 14 heteroatoms. The number of benzene rings is 1. The van der Waals surface area contributed by atoms with Crippen molar-refractivity contribution >= 4 is 35.5 Å². The number of hydrogen-bond acceptors (Lipinski definition) is 9. The molecule has 2 aliphatic rings. The molecule has 2 saturated heterocycles. The standard InChI is InChI=1S/C40H57N5O9/c1-11-24(6)35-32(46)21-33(47)42-34(23(4)5)37(49)41-29(19-22(2)3)38(50)45-18-12-13-30(45)39(51)44(9)31(20-27-14-16-28(53-10)17-15-27)40(52)54-26(8)25(7)36(48)43-35/h14-17,22-23,29-32,34,46H,7-8,11-13,18-21H2,1-6,9-10H3,(H,41,49)(H,42,47)(H,43,48)/b35-24+/t29-,30-,31-,32-,34-/m0/s1. The highest BCUT2D eigenvalue weighted by molar-refractivity contribution is 5.99. The summed E-state index contributed by atoms with van der Waals surface area (Å²) in [7, 11) is 2.98. The summed E-state index contributed by atoms with van der Waals surface area (Å²) in [6.07, 6.45) is -0.474. The number of likely N-dealkylation sites (N-methyl/N-ethyl adjacent to an activating group) is 1. The zero-order chi connectivity index (χ0) is 40.4. The molecule has 0 radical (unpaired) electrons. The molecule has 5 atom stereocenters. The Morgan fingerprint density at radius 1 is 1.02 bits per heavy atom. The van der Waals surface area contributed by atoms with Crippen molar-refractivity contribution in [3.8, 4) is 5.75 Å². The fourth-order valence-electron chi connectivity index (χ4n) is 6.48. The third kappa shape index (κ3) is 11.0. The number of allylic oxidation sites excluding steroid dienone is 1. The van der Waals surface area contributed by atoms with Crippen LogP contribution in [0.25, 0.3) is 0 Å². The van der Waals surface area contributed by atoms with Gasteiger partial charge in [-0.1, -0.05) is 65.5 Å². The Kier molecular flexibility index (Phi) is 15.6. The Bertz CT molecular complexity index is 1630. The van der Waals surface area contributed by atoms with E-state index in [1.807, 2.05) is 13.8 Å². The summed E-state index contributed by atoms with van der Waals surface area (Å²) in [6, 6.07) is 2.68. The number of fused-ring (bicyclic) bond motifs is 1. The second-order valence-electron chi connectivity index (χ2n) is 14.7. The molecule has 296 valence electrons. The van der Waals surface area contributed by atoms with E-state index >= 15 is 0 Å². The van der Waals surface area contributed by atoms with Crippen molar-refractivity contribution in [1.29, 1.82) is 0 Å². The fraction of sp³-hybridized carbons (Fsp3) is 0.550. The molecule has 0 bridgehead atoms. The number of aliphatic hydroxyl groups is 1. The molecule has 5 amide bonds. The van der Waals surface area contributed by atoms with Crippen LogP contribution in [0.1, 0.15) is 79.2 Å². The van der Waals surface area contributed by atoms with Gasteiger partial charge in [0.2, 0.25) is 23.6 Å². The molecule has 0 aromatic heterocycles. The number of carbonyl (C=O) groups excluding carboxylic acids is 6. The highest BCUT2D eigenvalue weighted by atomic mass is 16.5. The lowest BCUT2D eigenvalue weighted by molar-refractivity contribution is -0.154. The summed E-state index contributed by atoms with van der Waals surface area (Å²) in [6.45, 7) is 18.5. The minimum absolute atomic E-state index is 0.0100. The van der Waals surface area contributed by atoms with Crippen LogP contribution in [0, 0.1) is 11.8 Å². The zero-order valence-corrected chi connectivity index (χ0v) is 32.8. The lowest BCUT2D eigenvalue weighted by Gasteiger charge is -2.34. The van der Waals surface area contributed by atoms with Crippen molar-refractivity contribution in [2.24, 2.45) is 11.8 Å². The Balaban J connectivity index is 2.12. The number of carbonyl (C=O) groups is 6. The quantitative estimate of drug-likeness (QED) is 0.241. The maximum absolute atomic E-state index is 14.3. The molecule has 0 saturated carbocycles. The van der Waals surface area contributed by atoms with Crippen LogP contribution in [-0.2, 0) is 39.9 Å². The van der Waals surface area contributed by atoms with E-state index in [1.54, 1.807) is 52.0 Å². The lowest BCUT2D eigenvalue weighted by atomic mass is 9.98. The molecular weight excluding hydrogens is 694 g/mol. The molecule has 1 aromatic carbocycles. The minimum atomic E-state index is -1.49. The van der Waals surface area contributed by atoms with E-state index < -0.39 is 78.1 Å². The molecule has 54 heavy (non-hydrogen) atoms. The van der Waals surface area contributed by atoms with Gasteiger partial charge in [0, 0.05) is 25.7 Å². The normalized spacial score (nSPS) is 25.5. The first-order valence-corrected chi connectivity index (χ1v) is 18.5. The van der Waals surface area contributed by atoms with Gasteiger partial charge in [-0.15, -0.1) is 0 Å². The van der Waals surface area contributed by atoms with Crippen molar-refractivity contribution < 1.29 is 43.3 Å². The smallest absolute Gasteiger partial charge is 0.334 e. The Morgan fingerprint density at radius 2 is 1.67 bits per heavy atom. The van der Waals surface area contributed by atoms with E-state index in [1.165, 1.54) is 24.0 Å². The van der Waals surface area contributed by atoms with Gasteiger partial charge in [-0.05, 0) is 62.1 Å². The average molecular weight is 752 g/mol. The maximum atomic E-state index is 14.3.